The lowest BCUT2D eigenvalue weighted by Crippen LogP contribution is -2.18. The molecule has 3 atom stereocenters. The number of benzene rings is 1. The summed E-state index contributed by atoms with van der Waals surface area (Å²) in [6.07, 6.45) is 0. The Morgan fingerprint density at radius 3 is 2.40 bits per heavy atom. The molecular formula is C13H17NO5S. The van der Waals surface area contributed by atoms with Gasteiger partial charge in [-0.3, -0.25) is 4.79 Å². The molecule has 7 heteroatoms. The first-order chi connectivity index (χ1) is 9.37. The summed E-state index contributed by atoms with van der Waals surface area (Å²) in [5.41, 5.74) is 0.963. The largest absolute Gasteiger partial charge is 0.464 e. The van der Waals surface area contributed by atoms with Crippen LogP contribution in [0.3, 0.4) is 0 Å². The quantitative estimate of drug-likeness (QED) is 0.624. The monoisotopic (exact) mass is 299 g/mol. The summed E-state index contributed by atoms with van der Waals surface area (Å²) in [7, 11) is -3.66. The summed E-state index contributed by atoms with van der Waals surface area (Å²) in [6.45, 7) is 2.80. The van der Waals surface area contributed by atoms with E-state index in [4.69, 9.17) is 4.74 Å². The molecule has 1 fully saturated rings. The fourth-order valence-electron chi connectivity index (χ4n) is 2.09. The maximum absolute atomic E-state index is 12.4. The molecule has 0 bridgehead atoms. The van der Waals surface area contributed by atoms with Crippen LogP contribution in [0, 0.1) is 6.92 Å². The Bertz CT molecular complexity index is 596. The van der Waals surface area contributed by atoms with E-state index in [-0.39, 0.29) is 18.1 Å². The lowest BCUT2D eigenvalue weighted by Gasteiger charge is -2.07. The van der Waals surface area contributed by atoms with Crippen molar-refractivity contribution in [3.8, 4) is 0 Å². The Kier molecular flexibility index (Phi) is 4.12. The smallest absolute Gasteiger partial charge is 0.302 e. The van der Waals surface area contributed by atoms with E-state index in [9.17, 15) is 18.3 Å². The number of aliphatic hydroxyl groups excluding tert-OH is 1. The number of carbonyl (C=O) groups is 1. The van der Waals surface area contributed by atoms with E-state index in [1.165, 1.54) is 23.4 Å². The predicted octanol–water partition coefficient (Wildman–Crippen LogP) is 0.292. The van der Waals surface area contributed by atoms with Gasteiger partial charge in [-0.1, -0.05) is 17.7 Å². The van der Waals surface area contributed by atoms with Gasteiger partial charge in [-0.05, 0) is 19.1 Å². The Balaban J connectivity index is 2.17. The van der Waals surface area contributed by atoms with Crippen LogP contribution >= 0.6 is 0 Å². The van der Waals surface area contributed by atoms with Crippen LogP contribution in [0.15, 0.2) is 29.2 Å². The number of carbonyl (C=O) groups excluding carboxylic acids is 1. The van der Waals surface area contributed by atoms with Crippen molar-refractivity contribution in [2.24, 2.45) is 0 Å². The molecule has 1 saturated heterocycles. The van der Waals surface area contributed by atoms with Crippen molar-refractivity contribution in [3.63, 3.8) is 0 Å². The highest BCUT2D eigenvalue weighted by molar-refractivity contribution is 7.89. The summed E-state index contributed by atoms with van der Waals surface area (Å²) in [5, 5.41) is 9.22. The van der Waals surface area contributed by atoms with Gasteiger partial charge in [0.15, 0.2) is 0 Å². The number of hydrogen-bond donors (Lipinski definition) is 1. The number of ether oxygens (including phenoxy) is 1. The average molecular weight is 299 g/mol. The molecule has 0 saturated carbocycles. The van der Waals surface area contributed by atoms with Gasteiger partial charge in [-0.2, -0.15) is 4.31 Å². The van der Waals surface area contributed by atoms with Crippen molar-refractivity contribution >= 4 is 16.0 Å². The van der Waals surface area contributed by atoms with Gasteiger partial charge in [0.1, 0.15) is 6.61 Å². The first-order valence-corrected chi connectivity index (χ1v) is 7.66. The maximum Gasteiger partial charge on any atom is 0.302 e. The zero-order valence-electron chi connectivity index (χ0n) is 11.3. The van der Waals surface area contributed by atoms with Crippen LogP contribution in [0.5, 0.6) is 0 Å². The summed E-state index contributed by atoms with van der Waals surface area (Å²) in [5.74, 6) is -0.471. The Morgan fingerprint density at radius 2 is 1.90 bits per heavy atom. The SMILES string of the molecule is CC(=O)OC[C@H]1[C@@H](CO)N1S(=O)(=O)c1ccc(C)cc1. The highest BCUT2D eigenvalue weighted by Crippen LogP contribution is 2.35. The van der Waals surface area contributed by atoms with Crippen LogP contribution < -0.4 is 0 Å². The Morgan fingerprint density at radius 1 is 1.30 bits per heavy atom. The molecule has 1 aromatic rings. The van der Waals surface area contributed by atoms with Crippen LogP contribution in [0.1, 0.15) is 12.5 Å². The normalized spacial score (nSPS) is 25.2. The minimum atomic E-state index is -3.66. The summed E-state index contributed by atoms with van der Waals surface area (Å²) < 4.78 is 30.8. The molecule has 0 spiro atoms. The van der Waals surface area contributed by atoms with Crippen molar-refractivity contribution in [2.45, 2.75) is 30.8 Å². The van der Waals surface area contributed by atoms with Gasteiger partial charge in [-0.15, -0.1) is 0 Å². The molecule has 0 aromatic heterocycles. The lowest BCUT2D eigenvalue weighted by atomic mass is 10.2. The standard InChI is InChI=1S/C13H17NO5S/c1-9-3-5-11(6-4-9)20(17,18)14-12(7-15)13(14)8-19-10(2)16/h3-6,12-13,15H,7-8H2,1-2H3/t12-,13+,14?/m1/s1. The Hall–Kier alpha value is -1.44. The molecule has 1 unspecified atom stereocenters. The first-order valence-electron chi connectivity index (χ1n) is 6.22. The second-order valence-corrected chi connectivity index (χ2v) is 6.61. The third-order valence-corrected chi connectivity index (χ3v) is 5.21. The van der Waals surface area contributed by atoms with Crippen LogP contribution in [-0.4, -0.2) is 49.1 Å². The van der Waals surface area contributed by atoms with E-state index in [1.807, 2.05) is 6.92 Å². The summed E-state index contributed by atoms with van der Waals surface area (Å²) in [6, 6.07) is 5.47. The number of esters is 1. The fourth-order valence-corrected chi connectivity index (χ4v) is 3.88. The van der Waals surface area contributed by atoms with Gasteiger partial charge in [-0.25, -0.2) is 8.42 Å². The van der Waals surface area contributed by atoms with E-state index in [2.05, 4.69) is 0 Å². The molecule has 2 rings (SSSR count). The minimum Gasteiger partial charge on any atom is -0.464 e. The number of sulfonamides is 1. The molecule has 1 aromatic carbocycles. The predicted molar refractivity (Wildman–Crippen MR) is 71.5 cm³/mol. The molecule has 110 valence electrons. The van der Waals surface area contributed by atoms with E-state index < -0.39 is 28.1 Å². The molecule has 1 heterocycles. The molecule has 0 amide bonds. The van der Waals surface area contributed by atoms with Crippen molar-refractivity contribution in [2.75, 3.05) is 13.2 Å². The fraction of sp³-hybridized carbons (Fsp3) is 0.462. The average Bonchev–Trinajstić information content (AvgIpc) is 3.11. The molecule has 0 aliphatic carbocycles. The molecular weight excluding hydrogens is 282 g/mol. The summed E-state index contributed by atoms with van der Waals surface area (Å²) in [4.78, 5) is 11.0. The zero-order valence-corrected chi connectivity index (χ0v) is 12.1. The maximum atomic E-state index is 12.4. The van der Waals surface area contributed by atoms with E-state index in [1.54, 1.807) is 12.1 Å². The van der Waals surface area contributed by atoms with Gasteiger partial charge in [0, 0.05) is 6.92 Å². The third-order valence-electron chi connectivity index (χ3n) is 3.25. The molecule has 1 aliphatic rings. The van der Waals surface area contributed by atoms with Crippen LogP contribution in [0.4, 0.5) is 0 Å². The van der Waals surface area contributed by atoms with Crippen LogP contribution in [0.2, 0.25) is 0 Å². The van der Waals surface area contributed by atoms with E-state index in [0.29, 0.717) is 0 Å². The van der Waals surface area contributed by atoms with Crippen LogP contribution in [0.25, 0.3) is 0 Å². The molecule has 0 radical (unpaired) electrons. The second-order valence-electron chi connectivity index (χ2n) is 4.77. The number of rotatable bonds is 5. The minimum absolute atomic E-state index is 0.0361. The number of hydrogen-bond acceptors (Lipinski definition) is 5. The molecule has 1 aliphatic heterocycles. The highest BCUT2D eigenvalue weighted by Gasteiger charge is 2.55. The first kappa shape index (κ1) is 15.0. The zero-order chi connectivity index (χ0) is 14.9. The lowest BCUT2D eigenvalue weighted by molar-refractivity contribution is -0.141. The number of nitrogens with zero attached hydrogens (tertiary/aromatic N) is 1. The number of aryl methyl sites for hydroxylation is 1. The van der Waals surface area contributed by atoms with Gasteiger partial charge in [0.2, 0.25) is 10.0 Å². The molecule has 6 nitrogen and oxygen atoms in total. The van der Waals surface area contributed by atoms with Gasteiger partial charge >= 0.3 is 5.97 Å². The molecule has 1 N–H and O–H groups in total. The second kappa shape index (κ2) is 5.51. The van der Waals surface area contributed by atoms with E-state index >= 15 is 0 Å². The highest BCUT2D eigenvalue weighted by atomic mass is 32.2. The summed E-state index contributed by atoms with van der Waals surface area (Å²) >= 11 is 0. The van der Waals surface area contributed by atoms with Crippen molar-refractivity contribution in [3.05, 3.63) is 29.8 Å². The van der Waals surface area contributed by atoms with Crippen LogP contribution in [-0.2, 0) is 19.6 Å². The van der Waals surface area contributed by atoms with Gasteiger partial charge < -0.3 is 9.84 Å². The molecule has 20 heavy (non-hydrogen) atoms. The number of aliphatic hydroxyl groups is 1. The third kappa shape index (κ3) is 2.84. The van der Waals surface area contributed by atoms with Crippen molar-refractivity contribution in [1.29, 1.82) is 0 Å². The van der Waals surface area contributed by atoms with Gasteiger partial charge in [0.05, 0.1) is 23.6 Å². The van der Waals surface area contributed by atoms with E-state index in [0.717, 1.165) is 5.56 Å². The van der Waals surface area contributed by atoms with Gasteiger partial charge in [0.25, 0.3) is 0 Å². The Labute approximate surface area is 118 Å². The topological polar surface area (TPSA) is 83.7 Å². The van der Waals surface area contributed by atoms with Crippen molar-refractivity contribution in [1.82, 2.24) is 4.31 Å². The van der Waals surface area contributed by atoms with Crippen molar-refractivity contribution < 1.29 is 23.1 Å².